The van der Waals surface area contributed by atoms with Crippen LogP contribution in [0.5, 0.6) is 0 Å². The summed E-state index contributed by atoms with van der Waals surface area (Å²) in [5.74, 6) is -0.910. The average molecular weight is 278 g/mol. The van der Waals surface area contributed by atoms with Crippen molar-refractivity contribution in [3.05, 3.63) is 35.9 Å². The third-order valence-electron chi connectivity index (χ3n) is 2.45. The number of ether oxygens (including phenoxy) is 1. The second-order valence-corrected chi connectivity index (χ2v) is 4.58. The number of carbonyl (C=O) groups is 1. The van der Waals surface area contributed by atoms with Crippen molar-refractivity contribution >= 4 is 22.3 Å². The van der Waals surface area contributed by atoms with E-state index in [0.29, 0.717) is 9.97 Å². The highest BCUT2D eigenvalue weighted by molar-refractivity contribution is 7.19. The summed E-state index contributed by atoms with van der Waals surface area (Å²) in [4.78, 5) is 11.9. The maximum absolute atomic E-state index is 12.9. The Morgan fingerprint density at radius 1 is 1.32 bits per heavy atom. The molecule has 0 saturated carbocycles. The van der Waals surface area contributed by atoms with Crippen molar-refractivity contribution < 1.29 is 13.9 Å². The molecule has 0 amide bonds. The van der Waals surface area contributed by atoms with E-state index in [4.69, 9.17) is 0 Å². The number of esters is 1. The molecule has 2 heterocycles. The standard InChI is InChI=1S/C11H7FN4O2S/c1-18-10(17)8-13-14-11-16(8)15-9(19-11)6-2-4-7(12)5-3-6/h2-5H,1H3. The Morgan fingerprint density at radius 2 is 2.05 bits per heavy atom. The Labute approximate surface area is 110 Å². The Balaban J connectivity index is 2.09. The van der Waals surface area contributed by atoms with Crippen molar-refractivity contribution in [3.63, 3.8) is 0 Å². The Morgan fingerprint density at radius 3 is 2.74 bits per heavy atom. The molecular formula is C11H7FN4O2S. The van der Waals surface area contributed by atoms with Crippen molar-refractivity contribution in [1.29, 1.82) is 0 Å². The van der Waals surface area contributed by atoms with Crippen molar-refractivity contribution in [1.82, 2.24) is 19.8 Å². The minimum absolute atomic E-state index is 0.0158. The maximum atomic E-state index is 12.9. The van der Waals surface area contributed by atoms with Crippen LogP contribution in [0.25, 0.3) is 15.5 Å². The number of fused-ring (bicyclic) bond motifs is 1. The predicted octanol–water partition coefficient (Wildman–Crippen LogP) is 1.78. The Bertz CT molecular complexity index is 750. The highest BCUT2D eigenvalue weighted by Crippen LogP contribution is 2.25. The number of aromatic nitrogens is 4. The molecule has 0 spiro atoms. The van der Waals surface area contributed by atoms with E-state index in [9.17, 15) is 9.18 Å². The van der Waals surface area contributed by atoms with E-state index in [1.165, 1.54) is 35.1 Å². The van der Waals surface area contributed by atoms with Crippen LogP contribution in [-0.4, -0.2) is 32.9 Å². The van der Waals surface area contributed by atoms with Crippen LogP contribution in [0.1, 0.15) is 10.6 Å². The second kappa shape index (κ2) is 4.39. The number of nitrogens with zero attached hydrogens (tertiary/aromatic N) is 4. The fraction of sp³-hybridized carbons (Fsp3) is 0.0909. The highest BCUT2D eigenvalue weighted by Gasteiger charge is 2.18. The van der Waals surface area contributed by atoms with Gasteiger partial charge < -0.3 is 4.74 Å². The van der Waals surface area contributed by atoms with Crippen LogP contribution in [0, 0.1) is 5.82 Å². The topological polar surface area (TPSA) is 69.4 Å². The molecule has 2 aromatic heterocycles. The van der Waals surface area contributed by atoms with Crippen LogP contribution < -0.4 is 0 Å². The quantitative estimate of drug-likeness (QED) is 0.668. The molecule has 0 fully saturated rings. The lowest BCUT2D eigenvalue weighted by molar-refractivity contribution is 0.0584. The summed E-state index contributed by atoms with van der Waals surface area (Å²) >= 11 is 1.25. The van der Waals surface area contributed by atoms with Gasteiger partial charge in [-0.05, 0) is 24.3 Å². The highest BCUT2D eigenvalue weighted by atomic mass is 32.1. The number of rotatable bonds is 2. The molecule has 19 heavy (non-hydrogen) atoms. The van der Waals surface area contributed by atoms with E-state index in [2.05, 4.69) is 20.0 Å². The average Bonchev–Trinajstić information content (AvgIpc) is 2.98. The van der Waals surface area contributed by atoms with E-state index < -0.39 is 5.97 Å². The van der Waals surface area contributed by atoms with E-state index >= 15 is 0 Å². The van der Waals surface area contributed by atoms with Crippen LogP contribution in [0.3, 0.4) is 0 Å². The molecule has 0 aliphatic rings. The summed E-state index contributed by atoms with van der Waals surface area (Å²) in [5, 5.41) is 12.4. The molecule has 0 aliphatic heterocycles. The summed E-state index contributed by atoms with van der Waals surface area (Å²) < 4.78 is 18.8. The van der Waals surface area contributed by atoms with Crippen LogP contribution in [0.2, 0.25) is 0 Å². The summed E-state index contributed by atoms with van der Waals surface area (Å²) in [5.41, 5.74) is 0.743. The number of carbonyl (C=O) groups excluding carboxylic acids is 1. The molecule has 1 aromatic carbocycles. The monoisotopic (exact) mass is 278 g/mol. The van der Waals surface area contributed by atoms with Gasteiger partial charge in [0.15, 0.2) is 0 Å². The molecule has 0 radical (unpaired) electrons. The largest absolute Gasteiger partial charge is 0.463 e. The summed E-state index contributed by atoms with van der Waals surface area (Å²) in [7, 11) is 1.26. The predicted molar refractivity (Wildman–Crippen MR) is 65.4 cm³/mol. The summed E-state index contributed by atoms with van der Waals surface area (Å²) in [6.07, 6.45) is 0. The van der Waals surface area contributed by atoms with Gasteiger partial charge in [-0.15, -0.1) is 10.2 Å². The van der Waals surface area contributed by atoms with Crippen molar-refractivity contribution in [2.75, 3.05) is 7.11 Å². The van der Waals surface area contributed by atoms with E-state index in [1.807, 2.05) is 0 Å². The SMILES string of the molecule is COC(=O)c1nnc2sc(-c3ccc(F)cc3)nn12. The molecule has 8 heteroatoms. The van der Waals surface area contributed by atoms with Gasteiger partial charge in [-0.3, -0.25) is 0 Å². The molecule has 96 valence electrons. The van der Waals surface area contributed by atoms with Gasteiger partial charge in [0.05, 0.1) is 7.11 Å². The number of hydrogen-bond donors (Lipinski definition) is 0. The molecule has 0 unspecified atom stereocenters. The molecule has 0 aliphatic carbocycles. The molecule has 0 atom stereocenters. The van der Waals surface area contributed by atoms with Crippen LogP contribution in [0.15, 0.2) is 24.3 Å². The Kier molecular flexibility index (Phi) is 2.71. The van der Waals surface area contributed by atoms with Gasteiger partial charge in [0.1, 0.15) is 10.8 Å². The molecule has 3 rings (SSSR count). The van der Waals surface area contributed by atoms with E-state index in [0.717, 1.165) is 5.56 Å². The Hall–Kier alpha value is -2.35. The first-order valence-electron chi connectivity index (χ1n) is 5.25. The molecular weight excluding hydrogens is 271 g/mol. The maximum Gasteiger partial charge on any atom is 0.378 e. The zero-order valence-corrected chi connectivity index (χ0v) is 10.5. The first-order valence-corrected chi connectivity index (χ1v) is 6.07. The smallest absolute Gasteiger partial charge is 0.378 e. The molecule has 6 nitrogen and oxygen atoms in total. The van der Waals surface area contributed by atoms with Crippen molar-refractivity contribution in [3.8, 4) is 10.6 Å². The van der Waals surface area contributed by atoms with Gasteiger partial charge in [-0.1, -0.05) is 11.3 Å². The van der Waals surface area contributed by atoms with Gasteiger partial charge in [0.2, 0.25) is 4.96 Å². The number of methoxy groups -OCH3 is 1. The lowest BCUT2D eigenvalue weighted by Gasteiger charge is -1.95. The van der Waals surface area contributed by atoms with Crippen molar-refractivity contribution in [2.45, 2.75) is 0 Å². The lowest BCUT2D eigenvalue weighted by atomic mass is 10.2. The van der Waals surface area contributed by atoms with E-state index in [-0.39, 0.29) is 11.6 Å². The first-order chi connectivity index (χ1) is 9.19. The fourth-order valence-electron chi connectivity index (χ4n) is 1.54. The van der Waals surface area contributed by atoms with Crippen LogP contribution >= 0.6 is 11.3 Å². The van der Waals surface area contributed by atoms with Crippen molar-refractivity contribution in [2.24, 2.45) is 0 Å². The second-order valence-electron chi connectivity index (χ2n) is 3.62. The molecule has 0 N–H and O–H groups in total. The normalized spacial score (nSPS) is 10.8. The van der Waals surface area contributed by atoms with E-state index in [1.54, 1.807) is 12.1 Å². The minimum atomic E-state index is -0.608. The van der Waals surface area contributed by atoms with Gasteiger partial charge in [0.25, 0.3) is 5.82 Å². The van der Waals surface area contributed by atoms with Crippen LogP contribution in [0.4, 0.5) is 4.39 Å². The van der Waals surface area contributed by atoms with Gasteiger partial charge in [0, 0.05) is 5.56 Å². The number of benzene rings is 1. The molecule has 0 saturated heterocycles. The lowest BCUT2D eigenvalue weighted by Crippen LogP contribution is -2.07. The van der Waals surface area contributed by atoms with Crippen LogP contribution in [-0.2, 0) is 4.74 Å². The zero-order chi connectivity index (χ0) is 13.4. The third kappa shape index (κ3) is 1.95. The van der Waals surface area contributed by atoms with Gasteiger partial charge >= 0.3 is 5.97 Å². The van der Waals surface area contributed by atoms with Gasteiger partial charge in [-0.2, -0.15) is 9.61 Å². The minimum Gasteiger partial charge on any atom is -0.463 e. The number of hydrogen-bond acceptors (Lipinski definition) is 6. The fourth-order valence-corrected chi connectivity index (χ4v) is 2.39. The number of halogens is 1. The zero-order valence-electron chi connectivity index (χ0n) is 9.70. The summed E-state index contributed by atoms with van der Waals surface area (Å²) in [6.45, 7) is 0. The van der Waals surface area contributed by atoms with Gasteiger partial charge in [-0.25, -0.2) is 9.18 Å². The molecule has 0 bridgehead atoms. The summed E-state index contributed by atoms with van der Waals surface area (Å²) in [6, 6.07) is 5.91. The third-order valence-corrected chi connectivity index (χ3v) is 3.40. The first kappa shape index (κ1) is 11.7. The molecule has 3 aromatic rings.